The number of aryl methyl sites for hydroxylation is 1. The number of hydrogen-bond acceptors (Lipinski definition) is 4. The minimum absolute atomic E-state index is 0.346. The van der Waals surface area contributed by atoms with E-state index < -0.39 is 15.4 Å². The molecule has 0 amide bonds. The lowest BCUT2D eigenvalue weighted by Gasteiger charge is -2.36. The van der Waals surface area contributed by atoms with Crippen molar-refractivity contribution in [1.82, 2.24) is 4.98 Å². The Labute approximate surface area is 113 Å². The van der Waals surface area contributed by atoms with Crippen LogP contribution in [0.3, 0.4) is 0 Å². The first-order valence-electron chi connectivity index (χ1n) is 6.77. The first-order valence-corrected chi connectivity index (χ1v) is 8.38. The average Bonchev–Trinajstić information content (AvgIpc) is 2.49. The van der Waals surface area contributed by atoms with Gasteiger partial charge in [-0.1, -0.05) is 6.07 Å². The third-order valence-electron chi connectivity index (χ3n) is 4.41. The van der Waals surface area contributed by atoms with Gasteiger partial charge in [0.15, 0.2) is 9.84 Å². The van der Waals surface area contributed by atoms with Crippen LogP contribution in [0.4, 0.5) is 0 Å². The zero-order valence-electron chi connectivity index (χ0n) is 11.0. The quantitative estimate of drug-likeness (QED) is 0.890. The lowest BCUT2D eigenvalue weighted by atomic mass is 9.88. The van der Waals surface area contributed by atoms with Crippen molar-refractivity contribution >= 4 is 9.84 Å². The van der Waals surface area contributed by atoms with Crippen LogP contribution < -0.4 is 0 Å². The Kier molecular flexibility index (Phi) is 2.94. The van der Waals surface area contributed by atoms with Crippen molar-refractivity contribution in [3.05, 3.63) is 29.6 Å². The second-order valence-corrected chi connectivity index (χ2v) is 8.50. The molecule has 104 valence electrons. The summed E-state index contributed by atoms with van der Waals surface area (Å²) in [6.07, 6.45) is 2.59. The zero-order chi connectivity index (χ0) is 13.7. The van der Waals surface area contributed by atoms with Crippen LogP contribution in [-0.2, 0) is 16.3 Å². The van der Waals surface area contributed by atoms with Crippen molar-refractivity contribution in [3.63, 3.8) is 0 Å². The Morgan fingerprint density at radius 3 is 2.53 bits per heavy atom. The summed E-state index contributed by atoms with van der Waals surface area (Å²) in [5, 5.41) is 10.0. The molecular formula is C14H19NO3S. The molecule has 4 nitrogen and oxygen atoms in total. The summed E-state index contributed by atoms with van der Waals surface area (Å²) in [5.74, 6) is 0. The van der Waals surface area contributed by atoms with Gasteiger partial charge in [0.25, 0.3) is 0 Å². The Hall–Kier alpha value is -0.940. The Balaban J connectivity index is 1.83. The molecular weight excluding hydrogens is 262 g/mol. The van der Waals surface area contributed by atoms with E-state index >= 15 is 0 Å². The monoisotopic (exact) mass is 281 g/mol. The highest BCUT2D eigenvalue weighted by Gasteiger charge is 2.52. The summed E-state index contributed by atoms with van der Waals surface area (Å²) in [6, 6.07) is 5.74. The largest absolute Gasteiger partial charge is 0.389 e. The van der Waals surface area contributed by atoms with Crippen LogP contribution in [0.5, 0.6) is 0 Å². The number of rotatable bonds is 2. The number of aliphatic hydroxyl groups is 1. The predicted octanol–water partition coefficient (Wildman–Crippen LogP) is 1.40. The molecule has 2 atom stereocenters. The lowest BCUT2D eigenvalue weighted by molar-refractivity contribution is 0.0210. The molecule has 2 unspecified atom stereocenters. The summed E-state index contributed by atoms with van der Waals surface area (Å²) in [5.41, 5.74) is 0.867. The van der Waals surface area contributed by atoms with E-state index in [9.17, 15) is 13.5 Å². The second kappa shape index (κ2) is 4.28. The maximum atomic E-state index is 12.0. The van der Waals surface area contributed by atoms with E-state index in [1.54, 1.807) is 0 Å². The van der Waals surface area contributed by atoms with E-state index in [1.807, 2.05) is 25.1 Å². The van der Waals surface area contributed by atoms with Crippen molar-refractivity contribution < 1.29 is 13.5 Å². The van der Waals surface area contributed by atoms with Gasteiger partial charge in [-0.05, 0) is 44.7 Å². The van der Waals surface area contributed by atoms with Crippen molar-refractivity contribution in [2.75, 3.05) is 0 Å². The van der Waals surface area contributed by atoms with Crippen molar-refractivity contribution in [3.8, 4) is 0 Å². The molecule has 2 fully saturated rings. The minimum atomic E-state index is -2.98. The molecule has 2 aliphatic rings. The Bertz CT molecular complexity index is 576. The van der Waals surface area contributed by atoms with E-state index in [1.165, 1.54) is 0 Å². The fourth-order valence-electron chi connectivity index (χ4n) is 3.52. The van der Waals surface area contributed by atoms with Gasteiger partial charge >= 0.3 is 0 Å². The molecule has 2 bridgehead atoms. The molecule has 0 radical (unpaired) electrons. The van der Waals surface area contributed by atoms with Crippen LogP contribution in [0.15, 0.2) is 18.2 Å². The van der Waals surface area contributed by atoms with Crippen LogP contribution in [0, 0.1) is 6.92 Å². The third-order valence-corrected chi connectivity index (χ3v) is 7.07. The number of hydrogen-bond donors (Lipinski definition) is 1. The Morgan fingerprint density at radius 2 is 1.95 bits per heavy atom. The predicted molar refractivity (Wildman–Crippen MR) is 72.6 cm³/mol. The summed E-state index contributed by atoms with van der Waals surface area (Å²) >= 11 is 0. The highest BCUT2D eigenvalue weighted by molar-refractivity contribution is 7.93. The molecule has 1 aromatic rings. The first-order chi connectivity index (χ1) is 8.89. The van der Waals surface area contributed by atoms with E-state index in [-0.39, 0.29) is 10.5 Å². The summed E-state index contributed by atoms with van der Waals surface area (Å²) < 4.78 is 24.1. The lowest BCUT2D eigenvalue weighted by Crippen LogP contribution is -2.46. The van der Waals surface area contributed by atoms with Crippen molar-refractivity contribution in [2.24, 2.45) is 0 Å². The van der Waals surface area contributed by atoms with Crippen molar-refractivity contribution in [2.45, 2.75) is 55.1 Å². The maximum absolute atomic E-state index is 12.0. The number of nitrogens with zero attached hydrogens (tertiary/aromatic N) is 1. The molecule has 2 saturated heterocycles. The van der Waals surface area contributed by atoms with Crippen LogP contribution in [0.25, 0.3) is 0 Å². The van der Waals surface area contributed by atoms with Gasteiger partial charge in [0.05, 0.1) is 16.1 Å². The summed E-state index contributed by atoms with van der Waals surface area (Å²) in [4.78, 5) is 4.41. The van der Waals surface area contributed by atoms with Crippen molar-refractivity contribution in [1.29, 1.82) is 0 Å². The normalized spacial score (nSPS) is 36.3. The van der Waals surface area contributed by atoms with E-state index in [4.69, 9.17) is 0 Å². The van der Waals surface area contributed by atoms with Gasteiger partial charge < -0.3 is 5.11 Å². The van der Waals surface area contributed by atoms with E-state index in [0.717, 1.165) is 11.4 Å². The van der Waals surface area contributed by atoms with Crippen LogP contribution in [0.1, 0.15) is 37.1 Å². The average molecular weight is 281 g/mol. The highest BCUT2D eigenvalue weighted by atomic mass is 32.2. The van der Waals surface area contributed by atoms with Gasteiger partial charge in [-0.25, -0.2) is 8.42 Å². The van der Waals surface area contributed by atoms with E-state index in [0.29, 0.717) is 32.1 Å². The smallest absolute Gasteiger partial charge is 0.156 e. The first kappa shape index (κ1) is 13.1. The fourth-order valence-corrected chi connectivity index (χ4v) is 6.08. The molecule has 0 aliphatic carbocycles. The second-order valence-electron chi connectivity index (χ2n) is 5.99. The Morgan fingerprint density at radius 1 is 1.32 bits per heavy atom. The molecule has 0 aromatic carbocycles. The topological polar surface area (TPSA) is 67.3 Å². The molecule has 0 spiro atoms. The van der Waals surface area contributed by atoms with Crippen LogP contribution in [-0.4, -0.2) is 34.6 Å². The molecule has 3 rings (SSSR count). The van der Waals surface area contributed by atoms with Gasteiger partial charge in [-0.3, -0.25) is 4.98 Å². The van der Waals surface area contributed by atoms with Crippen LogP contribution in [0.2, 0.25) is 0 Å². The molecule has 19 heavy (non-hydrogen) atoms. The van der Waals surface area contributed by atoms with Gasteiger partial charge in [0.2, 0.25) is 0 Å². The SMILES string of the molecule is Cc1cccc(CC2(O)CC3CCC(C2)S3(=O)=O)n1. The van der Waals surface area contributed by atoms with Gasteiger partial charge in [0, 0.05) is 17.8 Å². The highest BCUT2D eigenvalue weighted by Crippen LogP contribution is 2.44. The zero-order valence-corrected chi connectivity index (χ0v) is 11.9. The fraction of sp³-hybridized carbons (Fsp3) is 0.643. The van der Waals surface area contributed by atoms with Gasteiger partial charge in [-0.2, -0.15) is 0 Å². The maximum Gasteiger partial charge on any atom is 0.156 e. The van der Waals surface area contributed by atoms with Gasteiger partial charge in [0.1, 0.15) is 0 Å². The summed E-state index contributed by atoms with van der Waals surface area (Å²) in [7, 11) is -2.98. The minimum Gasteiger partial charge on any atom is -0.389 e. The standard InChI is InChI=1S/C14H19NO3S/c1-10-3-2-4-11(15-10)7-14(16)8-12-5-6-13(9-14)19(12,17)18/h2-4,12-13,16H,5-9H2,1H3. The number of pyridine rings is 1. The van der Waals surface area contributed by atoms with Gasteiger partial charge in [-0.15, -0.1) is 0 Å². The number of fused-ring (bicyclic) bond motifs is 2. The summed E-state index contributed by atoms with van der Waals surface area (Å²) in [6.45, 7) is 1.92. The molecule has 2 aliphatic heterocycles. The molecule has 0 saturated carbocycles. The molecule has 1 aromatic heterocycles. The van der Waals surface area contributed by atoms with Crippen LogP contribution >= 0.6 is 0 Å². The molecule has 5 heteroatoms. The number of aromatic nitrogens is 1. The molecule has 3 heterocycles. The molecule has 1 N–H and O–H groups in total. The third kappa shape index (κ3) is 2.30. The van der Waals surface area contributed by atoms with E-state index in [2.05, 4.69) is 4.98 Å². The number of sulfone groups is 1.